The van der Waals surface area contributed by atoms with Crippen LogP contribution in [0.2, 0.25) is 0 Å². The standard InChI is InChI=1S/C21H20N2O4/c1-25-18-11-10-15(13-19(18)26-2)14-20(24)23-17-9-6-12-22-21(17)27-16-7-4-3-5-8-16/h3-13H,14H2,1-2H3,(H,23,24). The number of nitrogens with zero attached hydrogens (tertiary/aromatic N) is 1. The van der Waals surface area contributed by atoms with E-state index in [4.69, 9.17) is 14.2 Å². The van der Waals surface area contributed by atoms with Crippen molar-refractivity contribution in [3.63, 3.8) is 0 Å². The van der Waals surface area contributed by atoms with Crippen LogP contribution < -0.4 is 19.5 Å². The van der Waals surface area contributed by atoms with Crippen molar-refractivity contribution in [3.8, 4) is 23.1 Å². The van der Waals surface area contributed by atoms with Gasteiger partial charge in [0.2, 0.25) is 11.8 Å². The number of hydrogen-bond acceptors (Lipinski definition) is 5. The molecule has 0 radical (unpaired) electrons. The van der Waals surface area contributed by atoms with E-state index >= 15 is 0 Å². The van der Waals surface area contributed by atoms with Crippen molar-refractivity contribution in [1.82, 2.24) is 4.98 Å². The van der Waals surface area contributed by atoms with Crippen LogP contribution in [-0.2, 0) is 11.2 Å². The summed E-state index contributed by atoms with van der Waals surface area (Å²) in [6.45, 7) is 0. The van der Waals surface area contributed by atoms with Crippen molar-refractivity contribution in [2.45, 2.75) is 6.42 Å². The van der Waals surface area contributed by atoms with Gasteiger partial charge < -0.3 is 19.5 Å². The van der Waals surface area contributed by atoms with Gasteiger partial charge in [-0.2, -0.15) is 0 Å². The number of ether oxygens (including phenoxy) is 3. The van der Waals surface area contributed by atoms with E-state index in [1.807, 2.05) is 36.4 Å². The van der Waals surface area contributed by atoms with Crippen LogP contribution in [0.25, 0.3) is 0 Å². The molecular weight excluding hydrogens is 344 g/mol. The van der Waals surface area contributed by atoms with Gasteiger partial charge in [0.15, 0.2) is 11.5 Å². The lowest BCUT2D eigenvalue weighted by molar-refractivity contribution is -0.115. The number of rotatable bonds is 7. The Labute approximate surface area is 157 Å². The van der Waals surface area contributed by atoms with Gasteiger partial charge in [0.25, 0.3) is 0 Å². The van der Waals surface area contributed by atoms with Gasteiger partial charge in [-0.25, -0.2) is 4.98 Å². The van der Waals surface area contributed by atoms with Crippen molar-refractivity contribution in [2.75, 3.05) is 19.5 Å². The van der Waals surface area contributed by atoms with Crippen LogP contribution in [0, 0.1) is 0 Å². The summed E-state index contributed by atoms with van der Waals surface area (Å²) in [5.74, 6) is 1.99. The van der Waals surface area contributed by atoms with Crippen LogP contribution >= 0.6 is 0 Å². The molecular formula is C21H20N2O4. The second kappa shape index (κ2) is 8.71. The molecule has 0 fully saturated rings. The Morgan fingerprint density at radius 1 is 0.963 bits per heavy atom. The van der Waals surface area contributed by atoms with Gasteiger partial charge >= 0.3 is 0 Å². The Hall–Kier alpha value is -3.54. The third-order valence-corrected chi connectivity index (χ3v) is 3.82. The Bertz CT molecular complexity index is 913. The van der Waals surface area contributed by atoms with E-state index in [-0.39, 0.29) is 12.3 Å². The molecule has 1 amide bonds. The lowest BCUT2D eigenvalue weighted by Crippen LogP contribution is -2.15. The quantitative estimate of drug-likeness (QED) is 0.684. The van der Waals surface area contributed by atoms with Crippen molar-refractivity contribution >= 4 is 11.6 Å². The topological polar surface area (TPSA) is 69.7 Å². The third-order valence-electron chi connectivity index (χ3n) is 3.82. The maximum Gasteiger partial charge on any atom is 0.243 e. The van der Waals surface area contributed by atoms with Gasteiger partial charge in [-0.15, -0.1) is 0 Å². The van der Waals surface area contributed by atoms with Gasteiger partial charge in [-0.1, -0.05) is 24.3 Å². The Kier molecular flexibility index (Phi) is 5.89. The highest BCUT2D eigenvalue weighted by Gasteiger charge is 2.12. The number of methoxy groups -OCH3 is 2. The molecule has 0 bridgehead atoms. The largest absolute Gasteiger partial charge is 0.493 e. The number of nitrogens with one attached hydrogen (secondary N) is 1. The zero-order valence-electron chi connectivity index (χ0n) is 15.1. The lowest BCUT2D eigenvalue weighted by atomic mass is 10.1. The summed E-state index contributed by atoms with van der Waals surface area (Å²) in [7, 11) is 3.13. The summed E-state index contributed by atoms with van der Waals surface area (Å²) < 4.78 is 16.3. The monoisotopic (exact) mass is 364 g/mol. The first-order valence-electron chi connectivity index (χ1n) is 8.38. The van der Waals surface area contributed by atoms with E-state index < -0.39 is 0 Å². The number of amides is 1. The molecule has 0 atom stereocenters. The predicted molar refractivity (Wildman–Crippen MR) is 103 cm³/mol. The first kappa shape index (κ1) is 18.3. The van der Waals surface area contributed by atoms with E-state index in [1.54, 1.807) is 44.7 Å². The van der Waals surface area contributed by atoms with Crippen LogP contribution in [0.15, 0.2) is 66.9 Å². The van der Waals surface area contributed by atoms with E-state index in [0.717, 1.165) is 5.56 Å². The number of carbonyl (C=O) groups excluding carboxylic acids is 1. The number of pyridine rings is 1. The Morgan fingerprint density at radius 2 is 1.74 bits per heavy atom. The van der Waals surface area contributed by atoms with Crippen LogP contribution in [-0.4, -0.2) is 25.1 Å². The molecule has 2 aromatic carbocycles. The summed E-state index contributed by atoms with van der Waals surface area (Å²) in [5.41, 5.74) is 1.31. The highest BCUT2D eigenvalue weighted by molar-refractivity contribution is 5.93. The fraction of sp³-hybridized carbons (Fsp3) is 0.143. The molecule has 6 heteroatoms. The Balaban J connectivity index is 1.71. The second-order valence-corrected chi connectivity index (χ2v) is 5.69. The molecule has 0 spiro atoms. The maximum atomic E-state index is 12.5. The number of aromatic nitrogens is 1. The normalized spacial score (nSPS) is 10.1. The number of benzene rings is 2. The van der Waals surface area contributed by atoms with Gasteiger partial charge in [0.1, 0.15) is 11.4 Å². The van der Waals surface area contributed by atoms with Crippen molar-refractivity contribution in [1.29, 1.82) is 0 Å². The minimum Gasteiger partial charge on any atom is -0.493 e. The van der Waals surface area contributed by atoms with E-state index in [2.05, 4.69) is 10.3 Å². The van der Waals surface area contributed by atoms with Crippen LogP contribution in [0.3, 0.4) is 0 Å². The molecule has 1 N–H and O–H groups in total. The molecule has 0 unspecified atom stereocenters. The molecule has 27 heavy (non-hydrogen) atoms. The van der Waals surface area contributed by atoms with Crippen LogP contribution in [0.5, 0.6) is 23.1 Å². The smallest absolute Gasteiger partial charge is 0.243 e. The molecule has 3 rings (SSSR count). The third kappa shape index (κ3) is 4.76. The maximum absolute atomic E-state index is 12.5. The van der Waals surface area contributed by atoms with Crippen molar-refractivity contribution < 1.29 is 19.0 Å². The molecule has 6 nitrogen and oxygen atoms in total. The van der Waals surface area contributed by atoms with Crippen molar-refractivity contribution in [3.05, 3.63) is 72.4 Å². The molecule has 0 saturated carbocycles. The summed E-state index contributed by atoms with van der Waals surface area (Å²) in [4.78, 5) is 16.7. The summed E-state index contributed by atoms with van der Waals surface area (Å²) >= 11 is 0. The van der Waals surface area contributed by atoms with Gasteiger partial charge in [-0.05, 0) is 42.0 Å². The molecule has 0 saturated heterocycles. The zero-order chi connectivity index (χ0) is 19.1. The van der Waals surface area contributed by atoms with Crippen LogP contribution in [0.1, 0.15) is 5.56 Å². The number of carbonyl (C=O) groups is 1. The van der Waals surface area contributed by atoms with E-state index in [0.29, 0.717) is 28.8 Å². The zero-order valence-corrected chi connectivity index (χ0v) is 15.1. The van der Waals surface area contributed by atoms with E-state index in [9.17, 15) is 4.79 Å². The van der Waals surface area contributed by atoms with Crippen molar-refractivity contribution in [2.24, 2.45) is 0 Å². The molecule has 1 aromatic heterocycles. The molecule has 1 heterocycles. The Morgan fingerprint density at radius 3 is 2.48 bits per heavy atom. The molecule has 0 aliphatic heterocycles. The fourth-order valence-electron chi connectivity index (χ4n) is 2.54. The van der Waals surface area contributed by atoms with E-state index in [1.165, 1.54) is 0 Å². The SMILES string of the molecule is COc1ccc(CC(=O)Nc2cccnc2Oc2ccccc2)cc1OC. The first-order valence-corrected chi connectivity index (χ1v) is 8.38. The first-order chi connectivity index (χ1) is 13.2. The van der Waals surface area contributed by atoms with Gasteiger partial charge in [0.05, 0.1) is 20.6 Å². The number of anilines is 1. The lowest BCUT2D eigenvalue weighted by Gasteiger charge is -2.12. The molecule has 0 aliphatic carbocycles. The minimum absolute atomic E-state index is 0.181. The highest BCUT2D eigenvalue weighted by atomic mass is 16.5. The predicted octanol–water partition coefficient (Wildman–Crippen LogP) is 4.07. The summed E-state index contributed by atoms with van der Waals surface area (Å²) in [6, 6.07) is 18.2. The summed E-state index contributed by atoms with van der Waals surface area (Å²) in [5, 5.41) is 2.85. The number of hydrogen-bond donors (Lipinski definition) is 1. The number of para-hydroxylation sites is 1. The van der Waals surface area contributed by atoms with Crippen LogP contribution in [0.4, 0.5) is 5.69 Å². The van der Waals surface area contributed by atoms with Gasteiger partial charge in [-0.3, -0.25) is 4.79 Å². The molecule has 0 aliphatic rings. The van der Waals surface area contributed by atoms with Gasteiger partial charge in [0, 0.05) is 6.20 Å². The minimum atomic E-state index is -0.187. The molecule has 3 aromatic rings. The second-order valence-electron chi connectivity index (χ2n) is 5.69. The fourth-order valence-corrected chi connectivity index (χ4v) is 2.54. The molecule has 138 valence electrons. The average molecular weight is 364 g/mol. The average Bonchev–Trinajstić information content (AvgIpc) is 2.70. The highest BCUT2D eigenvalue weighted by Crippen LogP contribution is 2.29. The summed E-state index contributed by atoms with van der Waals surface area (Å²) in [6.07, 6.45) is 1.79.